The van der Waals surface area contributed by atoms with E-state index in [1.54, 1.807) is 0 Å². The first-order valence-electron chi connectivity index (χ1n) is 21.5. The Bertz CT molecular complexity index is 2820. The van der Waals surface area contributed by atoms with Crippen molar-refractivity contribution in [3.63, 3.8) is 0 Å². The Balaban J connectivity index is 0.0000148. The van der Waals surface area contributed by atoms with Crippen LogP contribution >= 0.6 is 0 Å². The maximum Gasteiger partial charge on any atom is 1.00 e. The van der Waals surface area contributed by atoms with Gasteiger partial charge < -0.3 is 90.1 Å². The van der Waals surface area contributed by atoms with Crippen molar-refractivity contribution < 1.29 is 211 Å². The second-order valence-corrected chi connectivity index (χ2v) is 21.4. The predicted molar refractivity (Wildman–Crippen MR) is 256 cm³/mol. The fourth-order valence-corrected chi connectivity index (χ4v) is 8.58. The van der Waals surface area contributed by atoms with Crippen molar-refractivity contribution in [3.8, 4) is 0 Å². The van der Waals surface area contributed by atoms with Gasteiger partial charge in [-0.2, -0.15) is 29.9 Å². The molecule has 12 N–H and O–H groups in total. The van der Waals surface area contributed by atoms with Gasteiger partial charge in [-0.15, -0.1) is 0 Å². The van der Waals surface area contributed by atoms with Crippen molar-refractivity contribution in [3.05, 3.63) is 47.5 Å². The number of nitrogens with zero attached hydrogens (tertiary/aromatic N) is 8. The van der Waals surface area contributed by atoms with Gasteiger partial charge in [-0.3, -0.25) is 0 Å². The number of hydrogen-bond donors (Lipinski definition) is 12. The van der Waals surface area contributed by atoms with Gasteiger partial charge in [0.15, 0.2) is 0 Å². The van der Waals surface area contributed by atoms with Gasteiger partial charge in [0, 0.05) is 62.5 Å². The summed E-state index contributed by atoms with van der Waals surface area (Å²) < 4.78 is 143. The Morgan fingerprint density at radius 2 is 0.833 bits per heavy atom. The van der Waals surface area contributed by atoms with Gasteiger partial charge in [-0.05, 0) is 35.4 Å². The largest absolute Gasteiger partial charge is 1.00 e. The molecule has 32 nitrogen and oxygen atoms in total. The summed E-state index contributed by atoms with van der Waals surface area (Å²) in [7, 11) is -20.2. The molecule has 0 fully saturated rings. The second-order valence-electron chi connectivity index (χ2n) is 15.7. The van der Waals surface area contributed by atoms with Crippen LogP contribution in [0.15, 0.2) is 46.2 Å². The molecule has 0 bridgehead atoms. The summed E-state index contributed by atoms with van der Waals surface area (Å²) in [6, 6.07) is 6.27. The number of anilines is 8. The first kappa shape index (κ1) is 76.3. The van der Waals surface area contributed by atoms with E-state index in [1.165, 1.54) is 21.9 Å². The second kappa shape index (κ2) is 35.5. The van der Waals surface area contributed by atoms with Crippen LogP contribution in [0.1, 0.15) is 11.1 Å². The summed E-state index contributed by atoms with van der Waals surface area (Å²) in [6.07, 6.45) is -0.889. The SMILES string of the molecule is O=S(=O)([O-])CCNc1nc(Nc2ccc(C=Cc3ccc(Nc4nc(NCCS(=O)(=O)[O-])nc(N(CCO)CC(CO)C(O)CO)n4)cc3S(=O)(=O)[O-])c(S(=O)(=O)[O-])c2)nc(N(CCO)CC(CO)C(O)CO)n1.[Na+].[Na+].[Na+].[Na+]. The van der Waals surface area contributed by atoms with Crippen LogP contribution in [0.4, 0.5) is 47.1 Å². The van der Waals surface area contributed by atoms with Crippen molar-refractivity contribution in [1.29, 1.82) is 0 Å². The smallest absolute Gasteiger partial charge is 0.748 e. The maximum atomic E-state index is 12.6. The molecule has 40 heteroatoms. The number of aliphatic hydroxyl groups excluding tert-OH is 8. The van der Waals surface area contributed by atoms with Gasteiger partial charge in [0.05, 0.1) is 93.4 Å². The third-order valence-electron chi connectivity index (χ3n) is 10.2. The maximum absolute atomic E-state index is 12.6. The van der Waals surface area contributed by atoms with Crippen molar-refractivity contribution >= 4 is 99.7 Å². The first-order chi connectivity index (χ1) is 34.7. The molecule has 0 amide bonds. The third-order valence-corrected chi connectivity index (χ3v) is 13.4. The van der Waals surface area contributed by atoms with Crippen molar-refractivity contribution in [2.24, 2.45) is 11.8 Å². The molecule has 0 aliphatic rings. The summed E-state index contributed by atoms with van der Waals surface area (Å²) in [5, 5.41) is 88.8. The first-order valence-corrected chi connectivity index (χ1v) is 27.5. The van der Waals surface area contributed by atoms with Gasteiger partial charge in [-0.1, -0.05) is 24.3 Å². The standard InChI is InChI=1S/C38H56N12O20S4.4Na/c51-11-9-49(17-25(19-53)29(57)21-55)37-45-33(39-7-13-71(59,60)61)43-35(47-37)41-27-5-3-23(31(15-27)73(65,66)67)1-2-24-4-6-28(16-32(24)74(68,69)70)42-36-44-34(40-8-14-72(62,63)64)46-38(48-36)50(10-12-52)18-26(20-54)30(58)22-56;;;;/h1-6,15-16,25-26,29-30,51-58H,7-14,17-22H2,(H,59,60,61)(H,62,63,64)(H,65,66,67)(H,68,69,70)(H2,39,41,43,45,47)(H2,40,42,44,46,48);;;;/q;4*+1/p-4. The topological polar surface area (TPSA) is 523 Å². The van der Waals surface area contributed by atoms with E-state index in [0.717, 1.165) is 36.4 Å². The summed E-state index contributed by atoms with van der Waals surface area (Å²) in [4.78, 5) is 25.6. The minimum absolute atomic E-state index is 0. The van der Waals surface area contributed by atoms with Crippen LogP contribution in [-0.2, 0) is 40.5 Å². The minimum Gasteiger partial charge on any atom is -0.748 e. The molecular formula is C38H52N12Na4O20S4. The normalized spacial score (nSPS) is 13.3. The van der Waals surface area contributed by atoms with Crippen LogP contribution in [0.2, 0.25) is 0 Å². The quantitative estimate of drug-likeness (QED) is 0.0123. The molecule has 412 valence electrons. The molecule has 4 aromatic rings. The number of aromatic nitrogens is 6. The fourth-order valence-electron chi connectivity index (χ4n) is 6.48. The Kier molecular flexibility index (Phi) is 34.7. The molecule has 4 unspecified atom stereocenters. The van der Waals surface area contributed by atoms with Crippen LogP contribution in [0, 0.1) is 11.8 Å². The molecule has 2 heterocycles. The zero-order chi connectivity index (χ0) is 55.0. The van der Waals surface area contributed by atoms with Gasteiger partial charge in [0.25, 0.3) is 0 Å². The van der Waals surface area contributed by atoms with E-state index in [2.05, 4.69) is 51.2 Å². The molecule has 78 heavy (non-hydrogen) atoms. The van der Waals surface area contributed by atoms with E-state index in [0.29, 0.717) is 0 Å². The Morgan fingerprint density at radius 3 is 1.12 bits per heavy atom. The average molecular weight is 1220 g/mol. The van der Waals surface area contributed by atoms with E-state index >= 15 is 0 Å². The van der Waals surface area contributed by atoms with Crippen LogP contribution in [0.3, 0.4) is 0 Å². The third kappa shape index (κ3) is 25.4. The van der Waals surface area contributed by atoms with E-state index < -0.39 is 150 Å². The van der Waals surface area contributed by atoms with Crippen LogP contribution in [0.25, 0.3) is 12.2 Å². The van der Waals surface area contributed by atoms with Crippen LogP contribution in [0.5, 0.6) is 0 Å². The van der Waals surface area contributed by atoms with Gasteiger partial charge in [0.1, 0.15) is 20.2 Å². The molecule has 0 aliphatic heterocycles. The molecule has 0 saturated heterocycles. The number of benzene rings is 2. The molecule has 0 spiro atoms. The van der Waals surface area contributed by atoms with Crippen molar-refractivity contribution in [2.75, 3.05) is 121 Å². The number of rotatable bonds is 32. The number of hydrogen-bond acceptors (Lipinski definition) is 32. The van der Waals surface area contributed by atoms with Crippen molar-refractivity contribution in [2.45, 2.75) is 22.0 Å². The van der Waals surface area contributed by atoms with Crippen LogP contribution < -0.4 is 149 Å². The average Bonchev–Trinajstić information content (AvgIpc) is 3.32. The van der Waals surface area contributed by atoms with E-state index in [4.69, 9.17) is 0 Å². The molecule has 4 atom stereocenters. The summed E-state index contributed by atoms with van der Waals surface area (Å²) in [5.41, 5.74) is -1.03. The summed E-state index contributed by atoms with van der Waals surface area (Å²) in [5.74, 6) is -5.98. The van der Waals surface area contributed by atoms with Gasteiger partial charge in [-0.25, -0.2) is 33.7 Å². The monoisotopic (exact) mass is 1220 g/mol. The molecule has 0 radical (unpaired) electrons. The molecule has 4 rings (SSSR count). The molecule has 2 aromatic heterocycles. The zero-order valence-corrected chi connectivity index (χ0v) is 53.8. The summed E-state index contributed by atoms with van der Waals surface area (Å²) in [6.45, 7) is -5.91. The van der Waals surface area contributed by atoms with Gasteiger partial charge in [0.2, 0.25) is 35.7 Å². The van der Waals surface area contributed by atoms with Gasteiger partial charge >= 0.3 is 118 Å². The number of aliphatic hydroxyl groups is 8. The van der Waals surface area contributed by atoms with E-state index in [9.17, 15) is 92.7 Å². The van der Waals surface area contributed by atoms with E-state index in [1.807, 2.05) is 0 Å². The molecular weight excluding hydrogens is 1160 g/mol. The molecule has 2 aromatic carbocycles. The van der Waals surface area contributed by atoms with Crippen molar-refractivity contribution in [1.82, 2.24) is 29.9 Å². The Morgan fingerprint density at radius 1 is 0.500 bits per heavy atom. The zero-order valence-electron chi connectivity index (χ0n) is 42.5. The fraction of sp³-hybridized carbons (Fsp3) is 0.474. The minimum atomic E-state index is -5.38. The molecule has 0 aliphatic carbocycles. The number of nitrogens with one attached hydrogen (secondary N) is 4. The Labute approximate surface area is 537 Å². The van der Waals surface area contributed by atoms with Crippen LogP contribution in [-0.4, -0.2) is 225 Å². The summed E-state index contributed by atoms with van der Waals surface area (Å²) >= 11 is 0. The Hall–Kier alpha value is -1.68. The predicted octanol–water partition coefficient (Wildman–Crippen LogP) is -17.0. The van der Waals surface area contributed by atoms with E-state index in [-0.39, 0.29) is 191 Å². The molecule has 0 saturated carbocycles.